The summed E-state index contributed by atoms with van der Waals surface area (Å²) in [7, 11) is 0. The van der Waals surface area contributed by atoms with Gasteiger partial charge in [0.25, 0.3) is 0 Å². The van der Waals surface area contributed by atoms with Gasteiger partial charge in [0.05, 0.1) is 0 Å². The minimum atomic E-state index is -0.586. The second kappa shape index (κ2) is 5.96. The highest BCUT2D eigenvalue weighted by atomic mass is 19.1. The number of nitrogens with zero attached hydrogens (tertiary/aromatic N) is 1. The van der Waals surface area contributed by atoms with Crippen LogP contribution in [0.15, 0.2) is 24.3 Å². The van der Waals surface area contributed by atoms with E-state index in [1.807, 2.05) is 26.8 Å². The molecule has 6 heteroatoms. The minimum absolute atomic E-state index is 0.0195. The molecule has 1 aliphatic heterocycles. The van der Waals surface area contributed by atoms with Crippen LogP contribution in [0.3, 0.4) is 0 Å². The predicted molar refractivity (Wildman–Crippen MR) is 94.1 cm³/mol. The summed E-state index contributed by atoms with van der Waals surface area (Å²) in [6, 6.07) is 6.28. The number of benzene rings is 1. The average molecular weight is 360 g/mol. The summed E-state index contributed by atoms with van der Waals surface area (Å²) in [5.41, 5.74) is 0.0633. The van der Waals surface area contributed by atoms with Crippen molar-refractivity contribution in [2.24, 2.45) is 5.92 Å². The lowest BCUT2D eigenvalue weighted by atomic mass is 10.1. The number of likely N-dealkylation sites (tertiary alicyclic amines) is 1. The Morgan fingerprint density at radius 3 is 2.62 bits per heavy atom. The van der Waals surface area contributed by atoms with Gasteiger partial charge >= 0.3 is 6.09 Å². The van der Waals surface area contributed by atoms with Crippen LogP contribution in [0.4, 0.5) is 9.18 Å². The number of nitrogens with one attached hydrogen (secondary N) is 1. The number of carbonyl (C=O) groups is 2. The molecule has 2 aliphatic carbocycles. The van der Waals surface area contributed by atoms with E-state index in [1.165, 1.54) is 6.07 Å². The van der Waals surface area contributed by atoms with Crippen molar-refractivity contribution in [3.8, 4) is 0 Å². The Morgan fingerprint density at radius 2 is 1.92 bits per heavy atom. The van der Waals surface area contributed by atoms with E-state index in [9.17, 15) is 14.0 Å². The van der Waals surface area contributed by atoms with Crippen molar-refractivity contribution in [2.45, 2.75) is 69.7 Å². The summed E-state index contributed by atoms with van der Waals surface area (Å²) in [5, 5.41) is 3.01. The van der Waals surface area contributed by atoms with Gasteiger partial charge in [-0.1, -0.05) is 18.2 Å². The van der Waals surface area contributed by atoms with Crippen molar-refractivity contribution in [3.05, 3.63) is 35.6 Å². The quantitative estimate of drug-likeness (QED) is 0.901. The first-order valence-electron chi connectivity index (χ1n) is 9.31. The van der Waals surface area contributed by atoms with Gasteiger partial charge in [0, 0.05) is 18.0 Å². The monoisotopic (exact) mass is 360 g/mol. The number of hydrogen-bond donors (Lipinski definition) is 1. The van der Waals surface area contributed by atoms with Crippen molar-refractivity contribution in [1.82, 2.24) is 10.2 Å². The van der Waals surface area contributed by atoms with Crippen LogP contribution in [0.5, 0.6) is 0 Å². The Balaban J connectivity index is 1.39. The number of rotatable bonds is 3. The summed E-state index contributed by atoms with van der Waals surface area (Å²) in [6.07, 6.45) is 1.96. The van der Waals surface area contributed by atoms with E-state index in [1.54, 1.807) is 17.0 Å². The topological polar surface area (TPSA) is 58.6 Å². The molecule has 1 aromatic carbocycles. The summed E-state index contributed by atoms with van der Waals surface area (Å²) in [5.74, 6) is 0.0459. The van der Waals surface area contributed by atoms with E-state index in [-0.39, 0.29) is 29.7 Å². The smallest absolute Gasteiger partial charge is 0.411 e. The summed E-state index contributed by atoms with van der Waals surface area (Å²) < 4.78 is 19.4. The second-order valence-corrected chi connectivity index (χ2v) is 8.68. The van der Waals surface area contributed by atoms with Crippen molar-refractivity contribution in [3.63, 3.8) is 0 Å². The molecule has 4 rings (SSSR count). The van der Waals surface area contributed by atoms with Gasteiger partial charge in [-0.25, -0.2) is 9.18 Å². The molecule has 0 spiro atoms. The molecule has 0 bridgehead atoms. The second-order valence-electron chi connectivity index (χ2n) is 8.68. The van der Waals surface area contributed by atoms with Crippen LogP contribution in [-0.2, 0) is 9.53 Å². The Kier molecular flexibility index (Phi) is 3.97. The Morgan fingerprint density at radius 1 is 1.19 bits per heavy atom. The van der Waals surface area contributed by atoms with Crippen molar-refractivity contribution < 1.29 is 18.7 Å². The molecule has 1 saturated heterocycles. The zero-order valence-electron chi connectivity index (χ0n) is 15.4. The third kappa shape index (κ3) is 3.29. The van der Waals surface area contributed by atoms with Gasteiger partial charge in [-0.3, -0.25) is 9.69 Å². The van der Waals surface area contributed by atoms with E-state index < -0.39 is 17.7 Å². The largest absolute Gasteiger partial charge is 0.444 e. The molecular weight excluding hydrogens is 335 g/mol. The van der Waals surface area contributed by atoms with Crippen molar-refractivity contribution in [2.75, 3.05) is 0 Å². The van der Waals surface area contributed by atoms with Gasteiger partial charge in [-0.15, -0.1) is 0 Å². The molecule has 0 aromatic heterocycles. The fraction of sp³-hybridized carbons (Fsp3) is 0.600. The van der Waals surface area contributed by atoms with Gasteiger partial charge in [0.1, 0.15) is 17.5 Å². The molecule has 5 atom stereocenters. The van der Waals surface area contributed by atoms with Crippen LogP contribution in [0, 0.1) is 11.7 Å². The first-order valence-corrected chi connectivity index (χ1v) is 9.31. The zero-order chi connectivity index (χ0) is 18.6. The average Bonchev–Trinajstić information content (AvgIpc) is 3.44. The maximum absolute atomic E-state index is 13.9. The van der Waals surface area contributed by atoms with Gasteiger partial charge in [-0.05, 0) is 57.6 Å². The number of carbonyl (C=O) groups excluding carboxylic acids is 2. The minimum Gasteiger partial charge on any atom is -0.444 e. The van der Waals surface area contributed by atoms with Gasteiger partial charge in [0.15, 0.2) is 0 Å². The van der Waals surface area contributed by atoms with E-state index in [4.69, 9.17) is 4.74 Å². The summed E-state index contributed by atoms with van der Waals surface area (Å²) in [6.45, 7) is 5.47. The number of ether oxygens (including phenoxy) is 1. The molecule has 0 radical (unpaired) electrons. The van der Waals surface area contributed by atoms with Crippen LogP contribution in [0.2, 0.25) is 0 Å². The molecule has 1 aromatic rings. The normalized spacial score (nSPS) is 32.0. The molecule has 1 heterocycles. The maximum Gasteiger partial charge on any atom is 0.411 e. The molecule has 26 heavy (non-hydrogen) atoms. The number of fused-ring (bicyclic) bond motifs is 1. The third-order valence-corrected chi connectivity index (χ3v) is 5.43. The van der Waals surface area contributed by atoms with Crippen molar-refractivity contribution in [1.29, 1.82) is 0 Å². The molecule has 1 N–H and O–H groups in total. The molecule has 3 aliphatic rings. The van der Waals surface area contributed by atoms with Gasteiger partial charge < -0.3 is 10.1 Å². The lowest BCUT2D eigenvalue weighted by Gasteiger charge is -2.30. The fourth-order valence-corrected chi connectivity index (χ4v) is 4.02. The zero-order valence-corrected chi connectivity index (χ0v) is 15.4. The van der Waals surface area contributed by atoms with E-state index in [0.717, 1.165) is 12.8 Å². The Labute approximate surface area is 152 Å². The van der Waals surface area contributed by atoms with Crippen LogP contribution < -0.4 is 5.32 Å². The first-order chi connectivity index (χ1) is 12.2. The van der Waals surface area contributed by atoms with E-state index in [0.29, 0.717) is 17.9 Å². The van der Waals surface area contributed by atoms with Crippen LogP contribution in [0.1, 0.15) is 51.5 Å². The molecule has 3 fully saturated rings. The lowest BCUT2D eigenvalue weighted by Crippen LogP contribution is -2.50. The molecule has 2 saturated carbocycles. The fourth-order valence-electron chi connectivity index (χ4n) is 4.02. The summed E-state index contributed by atoms with van der Waals surface area (Å²) >= 11 is 0. The highest BCUT2D eigenvalue weighted by Crippen LogP contribution is 2.49. The number of amides is 2. The highest BCUT2D eigenvalue weighted by molar-refractivity contribution is 5.87. The lowest BCUT2D eigenvalue weighted by molar-refractivity contribution is -0.126. The number of hydrogen-bond acceptors (Lipinski definition) is 3. The van der Waals surface area contributed by atoms with E-state index >= 15 is 0 Å². The Hall–Kier alpha value is -2.11. The molecular formula is C20H25FN2O3. The number of piperidine rings is 1. The first kappa shape index (κ1) is 17.3. The Bertz CT molecular complexity index is 745. The highest BCUT2D eigenvalue weighted by Gasteiger charge is 2.57. The van der Waals surface area contributed by atoms with E-state index in [2.05, 4.69) is 5.32 Å². The standard InChI is InChI=1S/C20H25FN2O3/c1-20(2,3)26-19(25)23-16-8-11(16)9-17(23)18(24)22-15-10-13(15)12-6-4-5-7-14(12)21/h4-7,11,13,15-17H,8-10H2,1-3H3,(H,22,24)/t11-,13+,15-,16-,17+/m1/s1. The SMILES string of the molecule is CC(C)(C)OC(=O)N1[C@@H]2C[C@@H]2C[C@H]1C(=O)N[C@@H]1C[C@H]1c1ccccc1F. The van der Waals surface area contributed by atoms with Crippen LogP contribution >= 0.6 is 0 Å². The number of halogens is 1. The predicted octanol–water partition coefficient (Wildman–Crippen LogP) is 3.20. The van der Waals surface area contributed by atoms with Crippen molar-refractivity contribution >= 4 is 12.0 Å². The molecule has 140 valence electrons. The molecule has 5 nitrogen and oxygen atoms in total. The summed E-state index contributed by atoms with van der Waals surface area (Å²) in [4.78, 5) is 26.9. The van der Waals surface area contributed by atoms with Gasteiger partial charge in [0.2, 0.25) is 5.91 Å². The third-order valence-electron chi connectivity index (χ3n) is 5.43. The molecule has 0 unspecified atom stereocenters. The van der Waals surface area contributed by atoms with Crippen LogP contribution in [-0.4, -0.2) is 40.6 Å². The maximum atomic E-state index is 13.9. The molecule has 2 amide bonds. The van der Waals surface area contributed by atoms with Gasteiger partial charge in [-0.2, -0.15) is 0 Å². The van der Waals surface area contributed by atoms with Crippen LogP contribution in [0.25, 0.3) is 0 Å².